The molecular weight excluding hydrogens is 174 g/mol. The van der Waals surface area contributed by atoms with Crippen molar-refractivity contribution < 1.29 is 19.8 Å². The largest absolute Gasteiger partial charge is 0.481 e. The molecule has 76 valence electrons. The summed E-state index contributed by atoms with van der Waals surface area (Å²) in [4.78, 5) is 19.2. The van der Waals surface area contributed by atoms with E-state index in [0.29, 0.717) is 0 Å². The Labute approximate surface area is 76.9 Å². The van der Waals surface area contributed by atoms with Gasteiger partial charge in [-0.1, -0.05) is 6.08 Å². The van der Waals surface area contributed by atoms with Crippen molar-refractivity contribution in [2.45, 2.75) is 26.3 Å². The minimum atomic E-state index is -0.891. The topological polar surface area (TPSA) is 101 Å². The lowest BCUT2D eigenvalue weighted by Crippen LogP contribution is -2.18. The second-order valence-corrected chi connectivity index (χ2v) is 2.41. The predicted molar refractivity (Wildman–Crippen MR) is 48.4 cm³/mol. The normalized spacial score (nSPS) is 11.6. The maximum absolute atomic E-state index is 9.73. The molecule has 0 heterocycles. The molecule has 0 aromatic rings. The molecule has 0 aromatic carbocycles. The summed E-state index contributed by atoms with van der Waals surface area (Å²) in [7, 11) is 0. The van der Waals surface area contributed by atoms with Gasteiger partial charge in [0.2, 0.25) is 0 Å². The van der Waals surface area contributed by atoms with Crippen molar-refractivity contribution in [3.63, 3.8) is 0 Å². The zero-order valence-electron chi connectivity index (χ0n) is 7.73. The maximum atomic E-state index is 9.73. The Morgan fingerprint density at radius 3 is 1.92 bits per heavy atom. The van der Waals surface area contributed by atoms with Crippen LogP contribution in [0.2, 0.25) is 0 Å². The molecule has 0 aliphatic carbocycles. The Kier molecular flexibility index (Phi) is 9.53. The Bertz CT molecular complexity index is 187. The molecule has 1 atom stereocenters. The van der Waals surface area contributed by atoms with Gasteiger partial charge in [0.1, 0.15) is 0 Å². The molecule has 0 aliphatic heterocycles. The van der Waals surface area contributed by atoms with Crippen LogP contribution in [0, 0.1) is 0 Å². The first-order valence-corrected chi connectivity index (χ1v) is 3.73. The van der Waals surface area contributed by atoms with E-state index in [1.807, 2.05) is 0 Å². The monoisotopic (exact) mass is 189 g/mol. The minimum absolute atomic E-state index is 0.0556. The van der Waals surface area contributed by atoms with Gasteiger partial charge in [-0.2, -0.15) is 0 Å². The summed E-state index contributed by atoms with van der Waals surface area (Å²) in [5.74, 6) is -1.73. The molecule has 0 aromatic heterocycles. The molecular formula is C8H15NO4. The van der Waals surface area contributed by atoms with Gasteiger partial charge >= 0.3 is 11.9 Å². The summed E-state index contributed by atoms with van der Waals surface area (Å²) in [6, 6.07) is -0.225. The lowest BCUT2D eigenvalue weighted by molar-refractivity contribution is -0.137. The van der Waals surface area contributed by atoms with Gasteiger partial charge in [0.25, 0.3) is 0 Å². The van der Waals surface area contributed by atoms with Crippen LogP contribution in [0.1, 0.15) is 20.3 Å². The van der Waals surface area contributed by atoms with E-state index in [-0.39, 0.29) is 12.5 Å². The maximum Gasteiger partial charge on any atom is 0.327 e. The number of nitrogens with two attached hydrogens (primary N) is 1. The molecule has 0 spiro atoms. The van der Waals surface area contributed by atoms with Crippen LogP contribution >= 0.6 is 0 Å². The van der Waals surface area contributed by atoms with Crippen LogP contribution < -0.4 is 5.73 Å². The molecule has 0 aliphatic rings. The van der Waals surface area contributed by atoms with E-state index < -0.39 is 11.9 Å². The summed E-state index contributed by atoms with van der Waals surface area (Å²) < 4.78 is 0. The fourth-order valence-electron chi connectivity index (χ4n) is 0.418. The van der Waals surface area contributed by atoms with E-state index in [1.54, 1.807) is 13.8 Å². The van der Waals surface area contributed by atoms with Gasteiger partial charge in [0.15, 0.2) is 0 Å². The number of rotatable bonds is 3. The third-order valence-electron chi connectivity index (χ3n) is 0.806. The van der Waals surface area contributed by atoms with Crippen molar-refractivity contribution in [1.29, 1.82) is 0 Å². The van der Waals surface area contributed by atoms with E-state index in [4.69, 9.17) is 15.9 Å². The van der Waals surface area contributed by atoms with Gasteiger partial charge in [-0.3, -0.25) is 4.79 Å². The van der Waals surface area contributed by atoms with Gasteiger partial charge in [0, 0.05) is 12.1 Å². The van der Waals surface area contributed by atoms with Crippen molar-refractivity contribution in [1.82, 2.24) is 0 Å². The molecule has 0 bridgehead atoms. The molecule has 0 saturated carbocycles. The molecule has 13 heavy (non-hydrogen) atoms. The van der Waals surface area contributed by atoms with Crippen LogP contribution in [-0.2, 0) is 9.59 Å². The van der Waals surface area contributed by atoms with Crippen molar-refractivity contribution in [2.75, 3.05) is 0 Å². The van der Waals surface area contributed by atoms with Crippen LogP contribution in [0.15, 0.2) is 12.2 Å². The average molecular weight is 189 g/mol. The van der Waals surface area contributed by atoms with Crippen molar-refractivity contribution >= 4 is 11.9 Å². The third-order valence-corrected chi connectivity index (χ3v) is 0.806. The number of aliphatic carboxylic acids is 2. The number of carboxylic acid groups (broad SMARTS) is 2. The van der Waals surface area contributed by atoms with Crippen LogP contribution in [0.3, 0.4) is 0 Å². The molecule has 0 amide bonds. The number of carbonyl (C=O) groups is 2. The molecule has 0 radical (unpaired) electrons. The average Bonchev–Trinajstić information content (AvgIpc) is 1.83. The SMILES string of the molecule is C/C=C/C(=O)O.C[C@@H](N)CC(=O)O. The van der Waals surface area contributed by atoms with Gasteiger partial charge in [-0.05, 0) is 13.8 Å². The fraction of sp³-hybridized carbons (Fsp3) is 0.500. The first-order chi connectivity index (χ1) is 5.90. The minimum Gasteiger partial charge on any atom is -0.481 e. The number of hydrogen-bond acceptors (Lipinski definition) is 3. The summed E-state index contributed by atoms with van der Waals surface area (Å²) >= 11 is 0. The molecule has 5 nitrogen and oxygen atoms in total. The van der Waals surface area contributed by atoms with Gasteiger partial charge in [-0.25, -0.2) is 4.79 Å². The molecule has 4 N–H and O–H groups in total. The highest BCUT2D eigenvalue weighted by Crippen LogP contribution is 1.82. The standard InChI is InChI=1S/C4H9NO2.C4H6O2/c1-3(5)2-4(6)7;1-2-3-4(5)6/h3H,2,5H2,1H3,(H,6,7);2-3H,1H3,(H,5,6)/b;3-2+/t3-;/m1./s1. The number of carboxylic acids is 2. The van der Waals surface area contributed by atoms with Gasteiger partial charge in [0.05, 0.1) is 6.42 Å². The van der Waals surface area contributed by atoms with E-state index in [9.17, 15) is 9.59 Å². The summed E-state index contributed by atoms with van der Waals surface area (Å²) in [5, 5.41) is 15.8. The second kappa shape index (κ2) is 8.73. The van der Waals surface area contributed by atoms with Gasteiger partial charge in [-0.15, -0.1) is 0 Å². The Morgan fingerprint density at radius 1 is 1.46 bits per heavy atom. The molecule has 5 heteroatoms. The highest BCUT2D eigenvalue weighted by molar-refractivity contribution is 5.79. The second-order valence-electron chi connectivity index (χ2n) is 2.41. The van der Waals surface area contributed by atoms with Crippen LogP contribution in [0.5, 0.6) is 0 Å². The molecule has 0 rings (SSSR count). The zero-order valence-corrected chi connectivity index (χ0v) is 7.73. The van der Waals surface area contributed by atoms with Crippen LogP contribution in [-0.4, -0.2) is 28.2 Å². The molecule has 0 unspecified atom stereocenters. The van der Waals surface area contributed by atoms with Crippen molar-refractivity contribution in [3.8, 4) is 0 Å². The fourth-order valence-corrected chi connectivity index (χ4v) is 0.418. The lowest BCUT2D eigenvalue weighted by Gasteiger charge is -1.95. The molecule has 0 fully saturated rings. The number of hydrogen-bond donors (Lipinski definition) is 3. The first kappa shape index (κ1) is 14.2. The summed E-state index contributed by atoms with van der Waals surface area (Å²) in [6.45, 7) is 3.32. The quantitative estimate of drug-likeness (QED) is 0.560. The summed E-state index contributed by atoms with van der Waals surface area (Å²) in [5.41, 5.74) is 5.11. The van der Waals surface area contributed by atoms with E-state index in [1.165, 1.54) is 6.08 Å². The third kappa shape index (κ3) is 25.0. The van der Waals surface area contributed by atoms with E-state index in [2.05, 4.69) is 0 Å². The first-order valence-electron chi connectivity index (χ1n) is 3.73. The smallest absolute Gasteiger partial charge is 0.327 e. The highest BCUT2D eigenvalue weighted by Gasteiger charge is 1.98. The Balaban J connectivity index is 0. The van der Waals surface area contributed by atoms with E-state index in [0.717, 1.165) is 6.08 Å². The molecule has 0 saturated heterocycles. The highest BCUT2D eigenvalue weighted by atomic mass is 16.4. The van der Waals surface area contributed by atoms with Crippen molar-refractivity contribution in [2.24, 2.45) is 5.73 Å². The Morgan fingerprint density at radius 2 is 1.92 bits per heavy atom. The Hall–Kier alpha value is -1.36. The van der Waals surface area contributed by atoms with Gasteiger partial charge < -0.3 is 15.9 Å². The zero-order chi connectivity index (χ0) is 10.9. The van der Waals surface area contributed by atoms with Crippen molar-refractivity contribution in [3.05, 3.63) is 12.2 Å². The van der Waals surface area contributed by atoms with Crippen LogP contribution in [0.4, 0.5) is 0 Å². The summed E-state index contributed by atoms with van der Waals surface area (Å²) in [6.07, 6.45) is 2.61. The van der Waals surface area contributed by atoms with E-state index >= 15 is 0 Å². The predicted octanol–water partition coefficient (Wildman–Crippen LogP) is 0.455. The number of allylic oxidation sites excluding steroid dienone is 1. The van der Waals surface area contributed by atoms with Crippen LogP contribution in [0.25, 0.3) is 0 Å². The lowest BCUT2D eigenvalue weighted by atomic mass is 10.3.